The lowest BCUT2D eigenvalue weighted by Crippen LogP contribution is -2.46. The van der Waals surface area contributed by atoms with Gasteiger partial charge in [0.1, 0.15) is 24.0 Å². The Balaban J connectivity index is 2.04. The second-order valence-corrected chi connectivity index (χ2v) is 9.90. The van der Waals surface area contributed by atoms with Crippen LogP contribution in [0.1, 0.15) is 29.7 Å². The first-order valence-electron chi connectivity index (χ1n) is 12.1. The Bertz CT molecular complexity index is 1430. The first-order chi connectivity index (χ1) is 18.6. The summed E-state index contributed by atoms with van der Waals surface area (Å²) in [6.45, 7) is 0.783. The zero-order valence-electron chi connectivity index (χ0n) is 22.3. The minimum atomic E-state index is -4.99. The molecular weight excluding hydrogens is 527 g/mol. The molecule has 17 heteroatoms. The van der Waals surface area contributed by atoms with Crippen LogP contribution in [0.4, 0.5) is 0 Å². The van der Waals surface area contributed by atoms with E-state index in [-0.39, 0.29) is 5.75 Å². The van der Waals surface area contributed by atoms with Crippen LogP contribution < -0.4 is 20.9 Å². The molecule has 3 rings (SSSR count). The molecule has 1 aromatic heterocycles. The molecule has 16 nitrogen and oxygen atoms in total. The van der Waals surface area contributed by atoms with Crippen molar-refractivity contribution in [2.24, 2.45) is 5.11 Å². The predicted octanol–water partition coefficient (Wildman–Crippen LogP) is 0.927. The summed E-state index contributed by atoms with van der Waals surface area (Å²) >= 11 is 0. The highest BCUT2D eigenvalue weighted by atomic mass is 31.2. The van der Waals surface area contributed by atoms with Gasteiger partial charge in [-0.05, 0) is 38.4 Å². The van der Waals surface area contributed by atoms with Gasteiger partial charge < -0.3 is 24.2 Å². The Labute approximate surface area is 218 Å². The molecule has 0 aliphatic carbocycles. The lowest BCUT2D eigenvalue weighted by Gasteiger charge is -2.29. The molecule has 1 aromatic carbocycles. The molecule has 0 saturated carbocycles. The summed E-state index contributed by atoms with van der Waals surface area (Å²) in [5, 5.41) is 26.9. The number of azide groups is 1. The highest BCUT2D eigenvalue weighted by Gasteiger charge is 2.56. The molecule has 2 heterocycles. The van der Waals surface area contributed by atoms with Gasteiger partial charge in [0, 0.05) is 17.2 Å². The molecule has 0 bridgehead atoms. The van der Waals surface area contributed by atoms with Crippen molar-refractivity contribution in [3.8, 4) is 5.75 Å². The standard InChI is InChI=1S/C21H27N6O10P/c1-12(2)35-19(31)13(3)24-38(33,37-14-7-5-4-6-8-14)34-11-21(25-26-22)17(30)16(29)18(36-21)27-10-9-15(28)23-20(27)32/h4-10,12-13,16-18,29-30H,11H2,1-3H3,(H,24,33)(H,23,28,32)/t13-,16+,17-,18+,21+,38-/m0/s1/i11D2. The summed E-state index contributed by atoms with van der Waals surface area (Å²) in [6.07, 6.45) is -6.13. The zero-order chi connectivity index (χ0) is 29.9. The van der Waals surface area contributed by atoms with Gasteiger partial charge in [-0.2, -0.15) is 5.09 Å². The van der Waals surface area contributed by atoms with E-state index in [1.807, 2.05) is 4.98 Å². The number of esters is 1. The topological polar surface area (TPSA) is 227 Å². The monoisotopic (exact) mass is 556 g/mol. The van der Waals surface area contributed by atoms with Crippen LogP contribution in [-0.4, -0.2) is 62.4 Å². The van der Waals surface area contributed by atoms with E-state index in [0.717, 1.165) is 12.3 Å². The van der Waals surface area contributed by atoms with Crippen LogP contribution in [-0.2, 0) is 23.4 Å². The van der Waals surface area contributed by atoms with E-state index in [0.29, 0.717) is 4.57 Å². The van der Waals surface area contributed by atoms with Crippen LogP contribution in [0.5, 0.6) is 5.75 Å². The van der Waals surface area contributed by atoms with E-state index in [1.54, 1.807) is 19.9 Å². The van der Waals surface area contributed by atoms with Gasteiger partial charge in [-0.25, -0.2) is 9.36 Å². The summed E-state index contributed by atoms with van der Waals surface area (Å²) in [5.41, 5.74) is 4.12. The maximum atomic E-state index is 13.9. The van der Waals surface area contributed by atoms with Gasteiger partial charge in [0.15, 0.2) is 6.23 Å². The maximum Gasteiger partial charge on any atom is 0.459 e. The summed E-state index contributed by atoms with van der Waals surface area (Å²) in [6, 6.07) is 6.78. The van der Waals surface area contributed by atoms with Crippen LogP contribution in [0.15, 0.2) is 57.3 Å². The van der Waals surface area contributed by atoms with Gasteiger partial charge in [-0.3, -0.25) is 23.7 Å². The lowest BCUT2D eigenvalue weighted by molar-refractivity contribution is -0.149. The van der Waals surface area contributed by atoms with E-state index < -0.39 is 67.8 Å². The third-order valence-corrected chi connectivity index (χ3v) is 6.46. The van der Waals surface area contributed by atoms with Crippen molar-refractivity contribution >= 4 is 13.7 Å². The number of rotatable bonds is 11. The average Bonchev–Trinajstić information content (AvgIpc) is 3.10. The quantitative estimate of drug-likeness (QED) is 0.1000. The molecule has 0 spiro atoms. The van der Waals surface area contributed by atoms with Crippen LogP contribution >= 0.6 is 7.75 Å². The molecule has 1 aliphatic heterocycles. The van der Waals surface area contributed by atoms with Crippen molar-refractivity contribution in [1.82, 2.24) is 14.6 Å². The minimum Gasteiger partial charge on any atom is -0.462 e. The molecular formula is C21H27N6O10P. The predicted molar refractivity (Wildman–Crippen MR) is 130 cm³/mol. The first kappa shape index (κ1) is 26.1. The van der Waals surface area contributed by atoms with Crippen molar-refractivity contribution in [3.63, 3.8) is 0 Å². The fraction of sp³-hybridized carbons (Fsp3) is 0.476. The van der Waals surface area contributed by atoms with Gasteiger partial charge in [0.25, 0.3) is 5.56 Å². The number of aromatic amines is 1. The molecule has 0 radical (unpaired) electrons. The first-order valence-corrected chi connectivity index (χ1v) is 12.6. The third-order valence-electron chi connectivity index (χ3n) is 4.97. The van der Waals surface area contributed by atoms with E-state index in [1.165, 1.54) is 31.2 Å². The van der Waals surface area contributed by atoms with Gasteiger partial charge in [-0.1, -0.05) is 23.3 Å². The van der Waals surface area contributed by atoms with E-state index in [2.05, 4.69) is 15.1 Å². The van der Waals surface area contributed by atoms with Crippen molar-refractivity contribution in [1.29, 1.82) is 0 Å². The number of carbonyl (C=O) groups excluding carboxylic acids is 1. The second kappa shape index (κ2) is 11.9. The highest BCUT2D eigenvalue weighted by molar-refractivity contribution is 7.52. The molecule has 206 valence electrons. The summed E-state index contributed by atoms with van der Waals surface area (Å²) in [4.78, 5) is 40.5. The maximum absolute atomic E-state index is 13.9. The largest absolute Gasteiger partial charge is 0.462 e. The average molecular weight is 556 g/mol. The number of ether oxygens (including phenoxy) is 2. The van der Waals surface area contributed by atoms with Crippen LogP contribution in [0, 0.1) is 0 Å². The number of para-hydroxylation sites is 1. The smallest absolute Gasteiger partial charge is 0.459 e. The number of hydrogen-bond acceptors (Lipinski definition) is 11. The van der Waals surface area contributed by atoms with E-state index in [9.17, 15) is 34.7 Å². The Hall–Kier alpha value is -3.49. The fourth-order valence-corrected chi connectivity index (χ4v) is 4.63. The van der Waals surface area contributed by atoms with Crippen molar-refractivity contribution in [3.05, 3.63) is 73.9 Å². The second-order valence-electron chi connectivity index (χ2n) is 8.28. The number of aromatic nitrogens is 2. The molecule has 2 aromatic rings. The Morgan fingerprint density at radius 3 is 2.63 bits per heavy atom. The normalized spacial score (nSPS) is 26.4. The van der Waals surface area contributed by atoms with Crippen molar-refractivity contribution in [2.75, 3.05) is 6.56 Å². The van der Waals surface area contributed by atoms with Gasteiger partial charge >= 0.3 is 19.4 Å². The Kier molecular flexibility index (Phi) is 8.20. The van der Waals surface area contributed by atoms with Gasteiger partial charge in [0.05, 0.1) is 15.4 Å². The van der Waals surface area contributed by atoms with Crippen molar-refractivity contribution in [2.45, 2.75) is 57.1 Å². The fourth-order valence-electron chi connectivity index (χ4n) is 3.26. The number of aliphatic hydroxyl groups excluding tert-OH is 2. The van der Waals surface area contributed by atoms with Crippen LogP contribution in [0.3, 0.4) is 0 Å². The number of benzene rings is 1. The van der Waals surface area contributed by atoms with Crippen molar-refractivity contribution < 1.29 is 40.8 Å². The molecule has 0 unspecified atom stereocenters. The molecule has 4 N–H and O–H groups in total. The molecule has 1 saturated heterocycles. The number of hydrogen-bond donors (Lipinski definition) is 4. The highest BCUT2D eigenvalue weighted by Crippen LogP contribution is 2.48. The van der Waals surface area contributed by atoms with Gasteiger partial charge in [-0.15, -0.1) is 0 Å². The molecule has 1 aliphatic rings. The van der Waals surface area contributed by atoms with Gasteiger partial charge in [0.2, 0.25) is 5.72 Å². The SMILES string of the molecule is [2H]C([2H])(O[P@@](=O)(N[C@@H](C)C(=O)OC(C)C)Oc1ccccc1)[C@@]1(N=[N+]=[N-])O[C@@H](n2ccc(=O)[nH]c2=O)[C@H](O)[C@@H]1O. The van der Waals surface area contributed by atoms with E-state index >= 15 is 0 Å². The summed E-state index contributed by atoms with van der Waals surface area (Å²) < 4.78 is 52.7. The Morgan fingerprint density at radius 2 is 2.03 bits per heavy atom. The molecule has 1 fully saturated rings. The summed E-state index contributed by atoms with van der Waals surface area (Å²) in [7, 11) is -4.99. The molecule has 6 atom stereocenters. The summed E-state index contributed by atoms with van der Waals surface area (Å²) in [5.74, 6) is -0.993. The number of nitrogens with one attached hydrogen (secondary N) is 2. The number of nitrogens with zero attached hydrogens (tertiary/aromatic N) is 4. The Morgan fingerprint density at radius 1 is 1.34 bits per heavy atom. The zero-order valence-corrected chi connectivity index (χ0v) is 21.2. The minimum absolute atomic E-state index is 0.0954. The van der Waals surface area contributed by atoms with Crippen LogP contribution in [0.25, 0.3) is 10.4 Å². The number of H-pyrrole nitrogens is 1. The number of carbonyl (C=O) groups is 1. The lowest BCUT2D eigenvalue weighted by atomic mass is 10.1. The third kappa shape index (κ3) is 6.68. The van der Waals surface area contributed by atoms with Crippen LogP contribution in [0.2, 0.25) is 0 Å². The number of aliphatic hydroxyl groups is 2. The molecule has 38 heavy (non-hydrogen) atoms. The van der Waals surface area contributed by atoms with E-state index in [4.69, 9.17) is 21.3 Å². The molecule has 0 amide bonds.